The summed E-state index contributed by atoms with van der Waals surface area (Å²) in [5.41, 5.74) is 0. The quantitative estimate of drug-likeness (QED) is 0.631. The fourth-order valence-corrected chi connectivity index (χ4v) is 0.539. The molecule has 0 aromatic rings. The Kier molecular flexibility index (Phi) is 4.66. The average Bonchev–Trinajstić information content (AvgIpc) is 1.98. The van der Waals surface area contributed by atoms with Gasteiger partial charge in [-0.05, 0) is 6.92 Å². The third-order valence-corrected chi connectivity index (χ3v) is 1.47. The SMILES string of the molecule is CC(Cl)C(=O)NCC(=O)N(C)C. The van der Waals surface area contributed by atoms with Gasteiger partial charge < -0.3 is 10.2 Å². The van der Waals surface area contributed by atoms with Crippen LogP contribution in [0.25, 0.3) is 0 Å². The van der Waals surface area contributed by atoms with Gasteiger partial charge in [-0.25, -0.2) is 0 Å². The number of amides is 2. The van der Waals surface area contributed by atoms with Crippen molar-refractivity contribution in [2.45, 2.75) is 12.3 Å². The summed E-state index contributed by atoms with van der Waals surface area (Å²) in [6, 6.07) is 0. The number of likely N-dealkylation sites (N-methyl/N-ethyl adjacent to an activating group) is 1. The molecule has 0 rings (SSSR count). The minimum Gasteiger partial charge on any atom is -0.347 e. The molecule has 1 N–H and O–H groups in total. The lowest BCUT2D eigenvalue weighted by atomic mass is 10.4. The van der Waals surface area contributed by atoms with Crippen LogP contribution in [0.1, 0.15) is 6.92 Å². The van der Waals surface area contributed by atoms with E-state index in [0.717, 1.165) is 0 Å². The zero-order valence-corrected chi connectivity index (χ0v) is 8.18. The van der Waals surface area contributed by atoms with E-state index in [2.05, 4.69) is 5.32 Å². The summed E-state index contributed by atoms with van der Waals surface area (Å²) in [6.45, 7) is 1.56. The predicted molar refractivity (Wildman–Crippen MR) is 47.0 cm³/mol. The molecule has 0 aliphatic rings. The summed E-state index contributed by atoms with van der Waals surface area (Å²) in [5, 5.41) is 1.80. The molecule has 0 aromatic carbocycles. The highest BCUT2D eigenvalue weighted by molar-refractivity contribution is 6.30. The van der Waals surface area contributed by atoms with Crippen LogP contribution >= 0.6 is 11.6 Å². The molecule has 0 aliphatic heterocycles. The molecule has 0 bridgehead atoms. The number of carbonyl (C=O) groups is 2. The van der Waals surface area contributed by atoms with Gasteiger partial charge in [-0.1, -0.05) is 0 Å². The molecule has 1 atom stereocenters. The van der Waals surface area contributed by atoms with E-state index in [1.54, 1.807) is 21.0 Å². The lowest BCUT2D eigenvalue weighted by Gasteiger charge is -2.11. The number of hydrogen-bond donors (Lipinski definition) is 1. The van der Waals surface area contributed by atoms with E-state index in [4.69, 9.17) is 11.6 Å². The largest absolute Gasteiger partial charge is 0.347 e. The summed E-state index contributed by atoms with van der Waals surface area (Å²) in [6.07, 6.45) is 0. The molecule has 1 unspecified atom stereocenters. The first-order chi connectivity index (χ1) is 5.45. The van der Waals surface area contributed by atoms with Crippen molar-refractivity contribution in [1.82, 2.24) is 10.2 Å². The van der Waals surface area contributed by atoms with Gasteiger partial charge in [-0.2, -0.15) is 0 Å². The van der Waals surface area contributed by atoms with E-state index in [0.29, 0.717) is 0 Å². The number of nitrogens with zero attached hydrogens (tertiary/aromatic N) is 1. The Morgan fingerprint density at radius 2 is 2.00 bits per heavy atom. The lowest BCUT2D eigenvalue weighted by molar-refractivity contribution is -0.130. The Balaban J connectivity index is 3.69. The highest BCUT2D eigenvalue weighted by Crippen LogP contribution is 1.91. The fraction of sp³-hybridized carbons (Fsp3) is 0.714. The van der Waals surface area contributed by atoms with E-state index in [1.807, 2.05) is 0 Å². The van der Waals surface area contributed by atoms with Crippen molar-refractivity contribution >= 4 is 23.4 Å². The van der Waals surface area contributed by atoms with Crippen LogP contribution in [0.2, 0.25) is 0 Å². The van der Waals surface area contributed by atoms with E-state index < -0.39 is 5.38 Å². The number of alkyl halides is 1. The summed E-state index contributed by atoms with van der Waals surface area (Å²) in [5.74, 6) is -0.479. The molecule has 0 spiro atoms. The highest BCUT2D eigenvalue weighted by Gasteiger charge is 2.10. The zero-order valence-electron chi connectivity index (χ0n) is 7.43. The Labute approximate surface area is 76.9 Å². The fourth-order valence-electron chi connectivity index (χ4n) is 0.461. The van der Waals surface area contributed by atoms with Gasteiger partial charge in [0.15, 0.2) is 0 Å². The van der Waals surface area contributed by atoms with Crippen LogP contribution in [-0.2, 0) is 9.59 Å². The third kappa shape index (κ3) is 4.18. The maximum atomic E-state index is 10.9. The number of carbonyl (C=O) groups excluding carboxylic acids is 2. The van der Waals surface area contributed by atoms with Gasteiger partial charge in [0, 0.05) is 14.1 Å². The Morgan fingerprint density at radius 3 is 2.33 bits per heavy atom. The summed E-state index contributed by atoms with van der Waals surface area (Å²) < 4.78 is 0. The number of rotatable bonds is 3. The molecule has 12 heavy (non-hydrogen) atoms. The van der Waals surface area contributed by atoms with Crippen molar-refractivity contribution in [2.75, 3.05) is 20.6 Å². The molecule has 0 saturated heterocycles. The van der Waals surface area contributed by atoms with Crippen molar-refractivity contribution in [3.63, 3.8) is 0 Å². The van der Waals surface area contributed by atoms with Gasteiger partial charge in [0.05, 0.1) is 6.54 Å². The van der Waals surface area contributed by atoms with E-state index in [-0.39, 0.29) is 18.4 Å². The monoisotopic (exact) mass is 192 g/mol. The molecule has 0 aliphatic carbocycles. The maximum absolute atomic E-state index is 10.9. The summed E-state index contributed by atoms with van der Waals surface area (Å²) >= 11 is 5.45. The van der Waals surface area contributed by atoms with Crippen molar-refractivity contribution in [3.8, 4) is 0 Å². The van der Waals surface area contributed by atoms with Gasteiger partial charge in [0.1, 0.15) is 5.38 Å². The molecular weight excluding hydrogens is 180 g/mol. The standard InChI is InChI=1S/C7H13ClN2O2/c1-5(8)7(12)9-4-6(11)10(2)3/h5H,4H2,1-3H3,(H,9,12). The van der Waals surface area contributed by atoms with Gasteiger partial charge in [-0.3, -0.25) is 9.59 Å². The second-order valence-electron chi connectivity index (χ2n) is 2.62. The van der Waals surface area contributed by atoms with Crippen molar-refractivity contribution < 1.29 is 9.59 Å². The second kappa shape index (κ2) is 4.98. The van der Waals surface area contributed by atoms with E-state index in [1.165, 1.54) is 4.90 Å². The topological polar surface area (TPSA) is 49.4 Å². The Bertz CT molecular complexity index is 160. The van der Waals surface area contributed by atoms with Crippen molar-refractivity contribution in [2.24, 2.45) is 0 Å². The molecule has 0 heterocycles. The molecule has 2 amide bonds. The maximum Gasteiger partial charge on any atom is 0.241 e. The van der Waals surface area contributed by atoms with Crippen LogP contribution in [0.15, 0.2) is 0 Å². The van der Waals surface area contributed by atoms with Gasteiger partial charge >= 0.3 is 0 Å². The van der Waals surface area contributed by atoms with Crippen LogP contribution in [0.5, 0.6) is 0 Å². The van der Waals surface area contributed by atoms with Crippen LogP contribution in [0.4, 0.5) is 0 Å². The first-order valence-electron chi connectivity index (χ1n) is 3.57. The van der Waals surface area contributed by atoms with Gasteiger partial charge in [0.25, 0.3) is 0 Å². The van der Waals surface area contributed by atoms with Crippen LogP contribution in [-0.4, -0.2) is 42.7 Å². The lowest BCUT2D eigenvalue weighted by Crippen LogP contribution is -2.38. The van der Waals surface area contributed by atoms with E-state index in [9.17, 15) is 9.59 Å². The zero-order chi connectivity index (χ0) is 9.72. The minimum atomic E-state index is -0.597. The first kappa shape index (κ1) is 11.2. The molecule has 0 radical (unpaired) electrons. The predicted octanol–water partition coefficient (Wildman–Crippen LogP) is -0.182. The molecule has 4 nitrogen and oxygen atoms in total. The highest BCUT2D eigenvalue weighted by atomic mass is 35.5. The number of halogens is 1. The van der Waals surface area contributed by atoms with Gasteiger partial charge in [0.2, 0.25) is 11.8 Å². The normalized spacial score (nSPS) is 12.0. The van der Waals surface area contributed by atoms with Crippen LogP contribution < -0.4 is 5.32 Å². The third-order valence-electron chi connectivity index (χ3n) is 1.27. The number of hydrogen-bond acceptors (Lipinski definition) is 2. The molecule has 5 heteroatoms. The molecule has 0 fully saturated rings. The first-order valence-corrected chi connectivity index (χ1v) is 4.00. The summed E-state index contributed by atoms with van der Waals surface area (Å²) in [7, 11) is 3.25. The smallest absolute Gasteiger partial charge is 0.241 e. The Hall–Kier alpha value is -0.770. The molecule has 0 saturated carbocycles. The van der Waals surface area contributed by atoms with E-state index >= 15 is 0 Å². The minimum absolute atomic E-state index is 0.00287. The van der Waals surface area contributed by atoms with Gasteiger partial charge in [-0.15, -0.1) is 11.6 Å². The van der Waals surface area contributed by atoms with Crippen molar-refractivity contribution in [1.29, 1.82) is 0 Å². The number of nitrogens with one attached hydrogen (secondary N) is 1. The van der Waals surface area contributed by atoms with Crippen LogP contribution in [0.3, 0.4) is 0 Å². The average molecular weight is 193 g/mol. The second-order valence-corrected chi connectivity index (χ2v) is 3.28. The Morgan fingerprint density at radius 1 is 1.50 bits per heavy atom. The molecule has 0 aromatic heterocycles. The molecule has 70 valence electrons. The molecular formula is C7H13ClN2O2. The summed E-state index contributed by atoms with van der Waals surface area (Å²) in [4.78, 5) is 23.2. The van der Waals surface area contributed by atoms with Crippen LogP contribution in [0, 0.1) is 0 Å². The van der Waals surface area contributed by atoms with Crippen molar-refractivity contribution in [3.05, 3.63) is 0 Å².